The standard InChI is InChI=1S/C32H29N3O5S3/c1-4-19-39-31(38)34-25-28(36)35(29(25)42-43-32-33-23-17-11-12-18-24(23)41-32)26(20(2)3)30(37)40-27(21-13-7-5-8-14-21)22-15-9-6-10-16-22/h4-18,25-27,29H,1-2,19H2,3H3,(H,34,38)/t25-,26-,29-/m1/s1. The number of thiazole rings is 1. The Morgan fingerprint density at radius 2 is 1.67 bits per heavy atom. The van der Waals surface area contributed by atoms with Crippen molar-refractivity contribution < 1.29 is 23.9 Å². The normalized spacial score (nSPS) is 16.8. The second-order valence-corrected chi connectivity index (χ2v) is 13.3. The van der Waals surface area contributed by atoms with Gasteiger partial charge in [0, 0.05) is 0 Å². The van der Waals surface area contributed by atoms with Crippen LogP contribution in [0.5, 0.6) is 0 Å². The molecule has 2 amide bonds. The van der Waals surface area contributed by atoms with E-state index in [9.17, 15) is 14.4 Å². The van der Waals surface area contributed by atoms with E-state index < -0.39 is 41.5 Å². The fourth-order valence-electron chi connectivity index (χ4n) is 4.59. The number of carbonyl (C=O) groups excluding carboxylic acids is 3. The van der Waals surface area contributed by atoms with Gasteiger partial charge in [0.25, 0.3) is 0 Å². The Kier molecular flexibility index (Phi) is 9.86. The van der Waals surface area contributed by atoms with Crippen LogP contribution in [-0.2, 0) is 19.1 Å². The van der Waals surface area contributed by atoms with Gasteiger partial charge in [-0.15, -0.1) is 11.3 Å². The summed E-state index contributed by atoms with van der Waals surface area (Å²) >= 11 is 1.52. The van der Waals surface area contributed by atoms with Crippen LogP contribution < -0.4 is 5.32 Å². The van der Waals surface area contributed by atoms with Crippen molar-refractivity contribution in [3.05, 3.63) is 121 Å². The molecule has 1 N–H and O–H groups in total. The Hall–Kier alpha value is -4.06. The number of amides is 2. The number of ether oxygens (including phenoxy) is 2. The molecule has 1 aromatic heterocycles. The third-order valence-electron chi connectivity index (χ3n) is 6.58. The molecule has 3 aromatic carbocycles. The summed E-state index contributed by atoms with van der Waals surface area (Å²) in [5, 5.41) is 2.00. The number of alkyl carbamates (subject to hydrolysis) is 1. The van der Waals surface area contributed by atoms with Crippen LogP contribution in [0.15, 0.2) is 114 Å². The minimum atomic E-state index is -1.09. The lowest BCUT2D eigenvalue weighted by atomic mass is 9.98. The van der Waals surface area contributed by atoms with Crippen LogP contribution in [0.3, 0.4) is 0 Å². The van der Waals surface area contributed by atoms with E-state index in [1.807, 2.05) is 84.9 Å². The van der Waals surface area contributed by atoms with E-state index in [4.69, 9.17) is 9.47 Å². The summed E-state index contributed by atoms with van der Waals surface area (Å²) in [5.74, 6) is -1.07. The minimum absolute atomic E-state index is 0.00417. The molecule has 2 heterocycles. The van der Waals surface area contributed by atoms with Crippen LogP contribution in [0, 0.1) is 0 Å². The van der Waals surface area contributed by atoms with Crippen LogP contribution >= 0.6 is 32.9 Å². The summed E-state index contributed by atoms with van der Waals surface area (Å²) in [5.41, 5.74) is 2.89. The molecule has 8 nitrogen and oxygen atoms in total. The molecular formula is C32H29N3O5S3. The predicted molar refractivity (Wildman–Crippen MR) is 172 cm³/mol. The summed E-state index contributed by atoms with van der Waals surface area (Å²) in [6, 6.07) is 24.6. The number of fused-ring (bicyclic) bond motifs is 1. The van der Waals surface area contributed by atoms with Gasteiger partial charge in [-0.1, -0.05) is 103 Å². The van der Waals surface area contributed by atoms with Crippen molar-refractivity contribution >= 4 is 61.1 Å². The molecule has 4 aromatic rings. The molecular weight excluding hydrogens is 603 g/mol. The smallest absolute Gasteiger partial charge is 0.408 e. The minimum Gasteiger partial charge on any atom is -0.451 e. The van der Waals surface area contributed by atoms with Gasteiger partial charge in [-0.05, 0) is 46.6 Å². The molecule has 0 bridgehead atoms. The maximum Gasteiger partial charge on any atom is 0.408 e. The van der Waals surface area contributed by atoms with Crippen LogP contribution in [0.2, 0.25) is 0 Å². The maximum absolute atomic E-state index is 13.9. The van der Waals surface area contributed by atoms with Crippen molar-refractivity contribution in [1.82, 2.24) is 15.2 Å². The van der Waals surface area contributed by atoms with E-state index in [1.165, 1.54) is 43.9 Å². The first-order valence-corrected chi connectivity index (χ1v) is 16.4. The zero-order valence-corrected chi connectivity index (χ0v) is 25.7. The lowest BCUT2D eigenvalue weighted by molar-refractivity contribution is -0.164. The molecule has 0 aliphatic carbocycles. The van der Waals surface area contributed by atoms with Crippen molar-refractivity contribution in [3.63, 3.8) is 0 Å². The number of hydrogen-bond acceptors (Lipinski definition) is 9. The fourth-order valence-corrected chi connectivity index (χ4v) is 8.55. The van der Waals surface area contributed by atoms with E-state index in [0.29, 0.717) is 5.57 Å². The predicted octanol–water partition coefficient (Wildman–Crippen LogP) is 6.76. The first kappa shape index (κ1) is 30.4. The topological polar surface area (TPSA) is 97.8 Å². The Labute approximate surface area is 261 Å². The van der Waals surface area contributed by atoms with Gasteiger partial charge in [0.2, 0.25) is 5.91 Å². The highest BCUT2D eigenvalue weighted by Crippen LogP contribution is 2.45. The van der Waals surface area contributed by atoms with E-state index >= 15 is 0 Å². The number of β-lactam (4-membered cyclic amide) rings is 1. The Bertz CT molecular complexity index is 1560. The number of likely N-dealkylation sites (tertiary alicyclic amines) is 1. The van der Waals surface area contributed by atoms with Crippen molar-refractivity contribution in [2.75, 3.05) is 6.61 Å². The monoisotopic (exact) mass is 631 g/mol. The third-order valence-corrected chi connectivity index (χ3v) is 10.6. The number of carbonyl (C=O) groups is 3. The highest BCUT2D eigenvalue weighted by Gasteiger charge is 2.54. The molecule has 5 rings (SSSR count). The zero-order chi connectivity index (χ0) is 30.3. The first-order chi connectivity index (χ1) is 20.9. The average Bonchev–Trinajstić information content (AvgIpc) is 3.45. The van der Waals surface area contributed by atoms with Crippen molar-refractivity contribution in [2.24, 2.45) is 0 Å². The number of esters is 1. The van der Waals surface area contributed by atoms with Gasteiger partial charge in [0.1, 0.15) is 18.0 Å². The summed E-state index contributed by atoms with van der Waals surface area (Å²) in [6.45, 7) is 9.25. The second-order valence-electron chi connectivity index (χ2n) is 9.66. The van der Waals surface area contributed by atoms with Gasteiger partial charge >= 0.3 is 12.1 Å². The van der Waals surface area contributed by atoms with Gasteiger partial charge in [-0.25, -0.2) is 14.6 Å². The lowest BCUT2D eigenvalue weighted by Gasteiger charge is -2.49. The van der Waals surface area contributed by atoms with Crippen molar-refractivity contribution in [2.45, 2.75) is 34.8 Å². The molecule has 1 saturated heterocycles. The van der Waals surface area contributed by atoms with E-state index in [2.05, 4.69) is 23.5 Å². The largest absolute Gasteiger partial charge is 0.451 e. The van der Waals surface area contributed by atoms with E-state index in [-0.39, 0.29) is 6.61 Å². The number of nitrogens with zero attached hydrogens (tertiary/aromatic N) is 2. The van der Waals surface area contributed by atoms with Gasteiger partial charge in [-0.3, -0.25) is 4.79 Å². The molecule has 1 aliphatic rings. The van der Waals surface area contributed by atoms with Crippen LogP contribution in [0.1, 0.15) is 24.2 Å². The maximum atomic E-state index is 13.9. The second kappa shape index (κ2) is 13.9. The van der Waals surface area contributed by atoms with Crippen LogP contribution in [0.4, 0.5) is 4.79 Å². The number of aromatic nitrogens is 1. The molecule has 0 radical (unpaired) electrons. The quantitative estimate of drug-likeness (QED) is 0.0793. The third kappa shape index (κ3) is 6.96. The van der Waals surface area contributed by atoms with Crippen LogP contribution in [0.25, 0.3) is 10.2 Å². The van der Waals surface area contributed by atoms with Gasteiger partial charge in [0.05, 0.1) is 10.2 Å². The highest BCUT2D eigenvalue weighted by atomic mass is 33.1. The molecule has 3 atom stereocenters. The number of benzene rings is 3. The molecule has 43 heavy (non-hydrogen) atoms. The summed E-state index contributed by atoms with van der Waals surface area (Å²) in [6.07, 6.45) is -0.0116. The molecule has 0 saturated carbocycles. The Morgan fingerprint density at radius 3 is 2.28 bits per heavy atom. The molecule has 11 heteroatoms. The zero-order valence-electron chi connectivity index (χ0n) is 23.3. The molecule has 0 unspecified atom stereocenters. The van der Waals surface area contributed by atoms with E-state index in [0.717, 1.165) is 25.7 Å². The van der Waals surface area contributed by atoms with Gasteiger partial charge in [0.15, 0.2) is 16.5 Å². The van der Waals surface area contributed by atoms with E-state index in [1.54, 1.807) is 6.92 Å². The fraction of sp³-hybridized carbons (Fsp3) is 0.188. The van der Waals surface area contributed by atoms with Crippen molar-refractivity contribution in [3.8, 4) is 0 Å². The van der Waals surface area contributed by atoms with Crippen molar-refractivity contribution in [1.29, 1.82) is 0 Å². The molecule has 220 valence electrons. The molecule has 1 fully saturated rings. The Morgan fingerprint density at radius 1 is 1.05 bits per heavy atom. The molecule has 1 aliphatic heterocycles. The average molecular weight is 632 g/mol. The highest BCUT2D eigenvalue weighted by molar-refractivity contribution is 8.77. The van der Waals surface area contributed by atoms with Crippen LogP contribution in [-0.4, -0.2) is 51.9 Å². The SMILES string of the molecule is C=CCOC(=O)N[C@@H]1C(=O)N([C@H](C(=C)C)C(=O)OC(c2ccccc2)c2ccccc2)[C@@H]1SSc1nc2ccccc2s1. The summed E-state index contributed by atoms with van der Waals surface area (Å²) in [4.78, 5) is 45.9. The summed E-state index contributed by atoms with van der Waals surface area (Å²) < 4.78 is 13.0. The summed E-state index contributed by atoms with van der Waals surface area (Å²) in [7, 11) is 2.70. The number of para-hydroxylation sites is 1. The lowest BCUT2D eigenvalue weighted by Crippen LogP contribution is -2.73. The van der Waals surface area contributed by atoms with Gasteiger partial charge < -0.3 is 19.7 Å². The number of rotatable bonds is 12. The number of nitrogens with one attached hydrogen (secondary N) is 1. The number of hydrogen-bond donors (Lipinski definition) is 1. The van der Waals surface area contributed by atoms with Gasteiger partial charge in [-0.2, -0.15) is 0 Å². The Balaban J connectivity index is 1.40. The molecule has 0 spiro atoms. The first-order valence-electron chi connectivity index (χ1n) is 13.4.